The Morgan fingerprint density at radius 3 is 2.35 bits per heavy atom. The fourth-order valence-electron chi connectivity index (χ4n) is 1.93. The Balaban J connectivity index is 1.95. The first-order chi connectivity index (χ1) is 8.36. The van der Waals surface area contributed by atoms with Crippen molar-refractivity contribution in [2.45, 2.75) is 64.7 Å². The lowest BCUT2D eigenvalue weighted by molar-refractivity contribution is 0.109. The highest BCUT2D eigenvalue weighted by Gasteiger charge is 2.01. The van der Waals surface area contributed by atoms with E-state index >= 15 is 0 Å². The number of aldehydes is 1. The van der Waals surface area contributed by atoms with E-state index in [0.29, 0.717) is 6.29 Å². The number of aryl methyl sites for hydroxylation is 1. The maximum Gasteiger partial charge on any atom is 0.259 e. The number of oxazole rings is 1. The van der Waals surface area contributed by atoms with E-state index in [9.17, 15) is 4.79 Å². The number of hydrogen-bond acceptors (Lipinski definition) is 3. The van der Waals surface area contributed by atoms with Gasteiger partial charge in [-0.2, -0.15) is 0 Å². The number of hydrogen-bond donors (Lipinski definition) is 0. The minimum absolute atomic E-state index is 0.194. The highest BCUT2D eigenvalue weighted by molar-refractivity contribution is 5.67. The second-order valence-corrected chi connectivity index (χ2v) is 4.52. The van der Waals surface area contributed by atoms with Crippen molar-refractivity contribution in [2.24, 2.45) is 0 Å². The maximum absolute atomic E-state index is 10.4. The Kier molecular flexibility index (Phi) is 7.35. The van der Waals surface area contributed by atoms with Gasteiger partial charge in [-0.05, 0) is 12.8 Å². The molecule has 0 N–H and O–H groups in total. The van der Waals surface area contributed by atoms with Crippen molar-refractivity contribution in [1.29, 1.82) is 0 Å². The van der Waals surface area contributed by atoms with E-state index in [0.717, 1.165) is 18.5 Å². The third-order valence-corrected chi connectivity index (χ3v) is 2.96. The number of rotatable bonds is 10. The van der Waals surface area contributed by atoms with E-state index < -0.39 is 0 Å². The number of nitrogens with zero attached hydrogens (tertiary/aromatic N) is 1. The first-order valence-electron chi connectivity index (χ1n) is 6.76. The lowest BCUT2D eigenvalue weighted by atomic mass is 10.1. The van der Waals surface area contributed by atoms with Gasteiger partial charge < -0.3 is 4.42 Å². The van der Waals surface area contributed by atoms with E-state index in [1.54, 1.807) is 6.26 Å². The SMILES string of the molecule is CCCCCCCCCCc1coc(C=O)n1. The summed E-state index contributed by atoms with van der Waals surface area (Å²) in [6.45, 7) is 2.24. The summed E-state index contributed by atoms with van der Waals surface area (Å²) in [4.78, 5) is 14.4. The molecular weight excluding hydrogens is 214 g/mol. The minimum atomic E-state index is 0.194. The molecule has 0 aliphatic rings. The molecule has 0 aliphatic heterocycles. The van der Waals surface area contributed by atoms with E-state index in [1.165, 1.54) is 44.9 Å². The van der Waals surface area contributed by atoms with Gasteiger partial charge in [-0.3, -0.25) is 4.79 Å². The topological polar surface area (TPSA) is 43.1 Å². The van der Waals surface area contributed by atoms with Gasteiger partial charge in [0, 0.05) is 0 Å². The van der Waals surface area contributed by atoms with Crippen molar-refractivity contribution in [3.05, 3.63) is 17.8 Å². The highest BCUT2D eigenvalue weighted by Crippen LogP contribution is 2.11. The molecule has 0 aromatic carbocycles. The van der Waals surface area contributed by atoms with Crippen LogP contribution in [-0.2, 0) is 6.42 Å². The summed E-state index contributed by atoms with van der Waals surface area (Å²) >= 11 is 0. The van der Waals surface area contributed by atoms with Crippen LogP contribution in [-0.4, -0.2) is 11.3 Å². The summed E-state index contributed by atoms with van der Waals surface area (Å²) in [6.07, 6.45) is 13.6. The minimum Gasteiger partial charge on any atom is -0.442 e. The van der Waals surface area contributed by atoms with Crippen molar-refractivity contribution in [3.8, 4) is 0 Å². The molecular formula is C14H23NO2. The standard InChI is InChI=1S/C14H23NO2/c1-2-3-4-5-6-7-8-9-10-13-12-17-14(11-16)15-13/h11-12H,2-10H2,1H3. The van der Waals surface area contributed by atoms with Gasteiger partial charge in [-0.25, -0.2) is 4.98 Å². The zero-order valence-electron chi connectivity index (χ0n) is 10.8. The molecule has 1 aromatic rings. The largest absolute Gasteiger partial charge is 0.442 e. The quantitative estimate of drug-likeness (QED) is 0.453. The molecule has 0 bridgehead atoms. The summed E-state index contributed by atoms with van der Waals surface area (Å²) in [5.74, 6) is 0.194. The van der Waals surface area contributed by atoms with E-state index in [-0.39, 0.29) is 5.89 Å². The first-order valence-corrected chi connectivity index (χ1v) is 6.76. The smallest absolute Gasteiger partial charge is 0.259 e. The Morgan fingerprint density at radius 2 is 1.76 bits per heavy atom. The van der Waals surface area contributed by atoms with Crippen LogP contribution in [0.2, 0.25) is 0 Å². The van der Waals surface area contributed by atoms with Crippen LogP contribution in [0, 0.1) is 0 Å². The monoisotopic (exact) mass is 237 g/mol. The lowest BCUT2D eigenvalue weighted by Gasteiger charge is -2.00. The molecule has 1 rings (SSSR count). The van der Waals surface area contributed by atoms with Crippen LogP contribution >= 0.6 is 0 Å². The van der Waals surface area contributed by atoms with E-state index in [2.05, 4.69) is 11.9 Å². The molecule has 3 heteroatoms. The molecule has 0 amide bonds. The molecule has 1 aromatic heterocycles. The van der Waals surface area contributed by atoms with Crippen LogP contribution in [0.3, 0.4) is 0 Å². The molecule has 0 fully saturated rings. The van der Waals surface area contributed by atoms with Gasteiger partial charge in [0.05, 0.1) is 5.69 Å². The molecule has 17 heavy (non-hydrogen) atoms. The van der Waals surface area contributed by atoms with E-state index in [4.69, 9.17) is 4.42 Å². The second kappa shape index (κ2) is 8.97. The van der Waals surface area contributed by atoms with Gasteiger partial charge in [0.15, 0.2) is 0 Å². The van der Waals surface area contributed by atoms with Gasteiger partial charge in [0.25, 0.3) is 5.89 Å². The predicted octanol–water partition coefficient (Wildman–Crippen LogP) is 4.17. The summed E-state index contributed by atoms with van der Waals surface area (Å²) in [5, 5.41) is 0. The molecule has 0 saturated heterocycles. The van der Waals surface area contributed by atoms with Crippen LogP contribution < -0.4 is 0 Å². The molecule has 0 spiro atoms. The van der Waals surface area contributed by atoms with Crippen molar-refractivity contribution in [3.63, 3.8) is 0 Å². The molecule has 0 aliphatic carbocycles. The summed E-state index contributed by atoms with van der Waals surface area (Å²) < 4.78 is 4.96. The van der Waals surface area contributed by atoms with Gasteiger partial charge in [0.2, 0.25) is 6.29 Å². The fraction of sp³-hybridized carbons (Fsp3) is 0.714. The molecule has 0 radical (unpaired) electrons. The average Bonchev–Trinajstić information content (AvgIpc) is 2.80. The number of carbonyl (C=O) groups excluding carboxylic acids is 1. The number of carbonyl (C=O) groups is 1. The third-order valence-electron chi connectivity index (χ3n) is 2.96. The van der Waals surface area contributed by atoms with Crippen molar-refractivity contribution >= 4 is 6.29 Å². The van der Waals surface area contributed by atoms with Crippen LogP contribution in [0.15, 0.2) is 10.7 Å². The molecule has 3 nitrogen and oxygen atoms in total. The van der Waals surface area contributed by atoms with Gasteiger partial charge >= 0.3 is 0 Å². The molecule has 0 unspecified atom stereocenters. The van der Waals surface area contributed by atoms with Crippen LogP contribution in [0.4, 0.5) is 0 Å². The lowest BCUT2D eigenvalue weighted by Crippen LogP contribution is -1.87. The number of unbranched alkanes of at least 4 members (excludes halogenated alkanes) is 7. The van der Waals surface area contributed by atoms with Gasteiger partial charge in [-0.1, -0.05) is 51.9 Å². The van der Waals surface area contributed by atoms with Gasteiger partial charge in [0.1, 0.15) is 6.26 Å². The molecule has 0 atom stereocenters. The number of aromatic nitrogens is 1. The molecule has 96 valence electrons. The third kappa shape index (κ3) is 6.25. The zero-order valence-corrected chi connectivity index (χ0v) is 10.8. The first kappa shape index (κ1) is 13.9. The summed E-state index contributed by atoms with van der Waals surface area (Å²) in [7, 11) is 0. The van der Waals surface area contributed by atoms with E-state index in [1.807, 2.05) is 0 Å². The fourth-order valence-corrected chi connectivity index (χ4v) is 1.93. The van der Waals surface area contributed by atoms with Crippen LogP contribution in [0.1, 0.15) is 74.7 Å². The van der Waals surface area contributed by atoms with Crippen molar-refractivity contribution in [1.82, 2.24) is 4.98 Å². The molecule has 1 heterocycles. The Bertz CT molecular complexity index is 307. The predicted molar refractivity (Wildman–Crippen MR) is 68.2 cm³/mol. The Morgan fingerprint density at radius 1 is 1.12 bits per heavy atom. The molecule has 0 saturated carbocycles. The van der Waals surface area contributed by atoms with Crippen LogP contribution in [0.5, 0.6) is 0 Å². The Labute approximate surface area is 104 Å². The van der Waals surface area contributed by atoms with Crippen molar-refractivity contribution in [2.75, 3.05) is 0 Å². The average molecular weight is 237 g/mol. The van der Waals surface area contributed by atoms with Crippen LogP contribution in [0.25, 0.3) is 0 Å². The summed E-state index contributed by atoms with van der Waals surface area (Å²) in [5.41, 5.74) is 0.901. The second-order valence-electron chi connectivity index (χ2n) is 4.52. The zero-order chi connectivity index (χ0) is 12.3. The maximum atomic E-state index is 10.4. The van der Waals surface area contributed by atoms with Crippen molar-refractivity contribution < 1.29 is 9.21 Å². The highest BCUT2D eigenvalue weighted by atomic mass is 16.3. The summed E-state index contributed by atoms with van der Waals surface area (Å²) in [6, 6.07) is 0. The normalized spacial score (nSPS) is 10.6. The Hall–Kier alpha value is -1.12. The van der Waals surface area contributed by atoms with Gasteiger partial charge in [-0.15, -0.1) is 0 Å².